The molecule has 0 saturated heterocycles. The van der Waals surface area contributed by atoms with Gasteiger partial charge in [0.2, 0.25) is 0 Å². The van der Waals surface area contributed by atoms with Gasteiger partial charge in [0, 0.05) is 28.4 Å². The predicted octanol–water partition coefficient (Wildman–Crippen LogP) is 6.01. The summed E-state index contributed by atoms with van der Waals surface area (Å²) in [6.07, 6.45) is 11.1. The predicted molar refractivity (Wildman–Crippen MR) is 112 cm³/mol. The van der Waals surface area contributed by atoms with E-state index in [0.29, 0.717) is 0 Å². The van der Waals surface area contributed by atoms with Crippen LogP contribution in [0.25, 0.3) is 0 Å². The first kappa shape index (κ1) is 25.3. The Bertz CT molecular complexity index is 267. The van der Waals surface area contributed by atoms with Crippen molar-refractivity contribution >= 4 is 17.1 Å². The van der Waals surface area contributed by atoms with Gasteiger partial charge in [-0.25, -0.2) is 0 Å². The standard InChI is InChI=1S/C19H44O4Si2/c1-7-9-16-24(20-3,21-4)18-14-12-11-13-15-19-25(22-5,23-6)17-10-8-2/h7-19H2,1-6H3. The van der Waals surface area contributed by atoms with Gasteiger partial charge in [-0.15, -0.1) is 0 Å². The van der Waals surface area contributed by atoms with Crippen LogP contribution in [-0.2, 0) is 17.7 Å². The average Bonchev–Trinajstić information content (AvgIpc) is 2.66. The molecule has 0 aromatic carbocycles. The van der Waals surface area contributed by atoms with Crippen LogP contribution in [0.2, 0.25) is 24.2 Å². The molecule has 152 valence electrons. The van der Waals surface area contributed by atoms with E-state index in [4.69, 9.17) is 17.7 Å². The summed E-state index contributed by atoms with van der Waals surface area (Å²) in [6, 6.07) is 4.52. The fourth-order valence-electron chi connectivity index (χ4n) is 3.44. The van der Waals surface area contributed by atoms with Crippen molar-refractivity contribution in [2.45, 2.75) is 95.8 Å². The fourth-order valence-corrected chi connectivity index (χ4v) is 9.27. The molecule has 0 atom stereocenters. The molecule has 0 aromatic heterocycles. The van der Waals surface area contributed by atoms with Crippen LogP contribution in [0.3, 0.4) is 0 Å². The third kappa shape index (κ3) is 10.3. The summed E-state index contributed by atoms with van der Waals surface area (Å²) < 4.78 is 23.3. The largest absolute Gasteiger partial charge is 0.398 e. The van der Waals surface area contributed by atoms with E-state index in [0.717, 1.165) is 24.2 Å². The molecule has 0 aliphatic heterocycles. The van der Waals surface area contributed by atoms with E-state index in [1.54, 1.807) is 0 Å². The summed E-state index contributed by atoms with van der Waals surface area (Å²) in [7, 11) is 3.49. The van der Waals surface area contributed by atoms with Gasteiger partial charge in [0.05, 0.1) is 0 Å². The van der Waals surface area contributed by atoms with Gasteiger partial charge in [-0.05, 0) is 24.2 Å². The molecule has 0 heterocycles. The second-order valence-electron chi connectivity index (χ2n) is 7.11. The number of hydrogen-bond acceptors (Lipinski definition) is 4. The molecule has 0 unspecified atom stereocenters. The van der Waals surface area contributed by atoms with E-state index < -0.39 is 17.1 Å². The highest BCUT2D eigenvalue weighted by Gasteiger charge is 2.34. The molecule has 0 rings (SSSR count). The second-order valence-corrected chi connectivity index (χ2v) is 14.4. The highest BCUT2D eigenvalue weighted by Crippen LogP contribution is 2.26. The Hall–Kier alpha value is 0.274. The Balaban J connectivity index is 4.00. The molecule has 0 spiro atoms. The fraction of sp³-hybridized carbons (Fsp3) is 1.00. The third-order valence-electron chi connectivity index (χ3n) is 5.43. The maximum absolute atomic E-state index is 5.82. The van der Waals surface area contributed by atoms with E-state index in [9.17, 15) is 0 Å². The van der Waals surface area contributed by atoms with Gasteiger partial charge < -0.3 is 17.7 Å². The van der Waals surface area contributed by atoms with E-state index in [1.807, 2.05) is 28.4 Å². The zero-order valence-electron chi connectivity index (χ0n) is 17.8. The minimum Gasteiger partial charge on any atom is -0.398 e. The van der Waals surface area contributed by atoms with Crippen molar-refractivity contribution in [2.24, 2.45) is 0 Å². The first-order chi connectivity index (χ1) is 12.1. The molecular formula is C19H44O4Si2. The highest BCUT2D eigenvalue weighted by molar-refractivity contribution is 6.67. The van der Waals surface area contributed by atoms with Gasteiger partial charge >= 0.3 is 17.1 Å². The van der Waals surface area contributed by atoms with Crippen molar-refractivity contribution in [2.75, 3.05) is 28.4 Å². The van der Waals surface area contributed by atoms with Crippen LogP contribution in [0.4, 0.5) is 0 Å². The number of rotatable bonds is 18. The minimum atomic E-state index is -1.92. The van der Waals surface area contributed by atoms with Crippen LogP contribution >= 0.6 is 0 Å². The average molecular weight is 393 g/mol. The number of hydrogen-bond donors (Lipinski definition) is 0. The number of unbranched alkanes of at least 4 members (excludes halogenated alkanes) is 6. The van der Waals surface area contributed by atoms with Crippen molar-refractivity contribution in [1.29, 1.82) is 0 Å². The summed E-state index contributed by atoms with van der Waals surface area (Å²) in [5, 5.41) is 0. The summed E-state index contributed by atoms with van der Waals surface area (Å²) in [6.45, 7) is 4.46. The zero-order valence-corrected chi connectivity index (χ0v) is 19.8. The molecule has 0 aromatic rings. The van der Waals surface area contributed by atoms with Crippen molar-refractivity contribution in [1.82, 2.24) is 0 Å². The smallest absolute Gasteiger partial charge is 0.337 e. The van der Waals surface area contributed by atoms with Gasteiger partial charge in [0.25, 0.3) is 0 Å². The van der Waals surface area contributed by atoms with Crippen LogP contribution in [-0.4, -0.2) is 45.6 Å². The molecule has 0 saturated carbocycles. The summed E-state index contributed by atoms with van der Waals surface area (Å²) in [5.41, 5.74) is 0. The van der Waals surface area contributed by atoms with E-state index >= 15 is 0 Å². The Morgan fingerprint density at radius 1 is 0.440 bits per heavy atom. The molecule has 0 aliphatic rings. The lowest BCUT2D eigenvalue weighted by molar-refractivity contribution is 0.238. The first-order valence-electron chi connectivity index (χ1n) is 10.3. The van der Waals surface area contributed by atoms with Crippen LogP contribution in [0.5, 0.6) is 0 Å². The molecule has 6 heteroatoms. The van der Waals surface area contributed by atoms with Crippen LogP contribution < -0.4 is 0 Å². The van der Waals surface area contributed by atoms with Crippen LogP contribution in [0.15, 0.2) is 0 Å². The Labute approximate surface area is 159 Å². The topological polar surface area (TPSA) is 36.9 Å². The normalized spacial score (nSPS) is 12.7. The summed E-state index contributed by atoms with van der Waals surface area (Å²) in [4.78, 5) is 0. The molecule has 0 fully saturated rings. The minimum absolute atomic E-state index is 1.13. The molecule has 4 nitrogen and oxygen atoms in total. The van der Waals surface area contributed by atoms with Crippen molar-refractivity contribution in [3.63, 3.8) is 0 Å². The Morgan fingerprint density at radius 2 is 0.720 bits per heavy atom. The van der Waals surface area contributed by atoms with Crippen LogP contribution in [0, 0.1) is 0 Å². The first-order valence-corrected chi connectivity index (χ1v) is 14.7. The SMILES string of the molecule is CCCC[Si](CCCCCCC[Si](CCCC)(OC)OC)(OC)OC. The molecular weight excluding hydrogens is 348 g/mol. The van der Waals surface area contributed by atoms with Gasteiger partial charge in [0.1, 0.15) is 0 Å². The second kappa shape index (κ2) is 15.3. The lowest BCUT2D eigenvalue weighted by Gasteiger charge is -2.28. The van der Waals surface area contributed by atoms with Crippen molar-refractivity contribution in [3.05, 3.63) is 0 Å². The molecule has 25 heavy (non-hydrogen) atoms. The molecule has 0 radical (unpaired) electrons. The van der Waals surface area contributed by atoms with Gasteiger partial charge in [-0.1, -0.05) is 71.6 Å². The maximum Gasteiger partial charge on any atom is 0.337 e. The van der Waals surface area contributed by atoms with E-state index in [-0.39, 0.29) is 0 Å². The van der Waals surface area contributed by atoms with Crippen molar-refractivity contribution < 1.29 is 17.7 Å². The summed E-state index contributed by atoms with van der Waals surface area (Å²) >= 11 is 0. The Morgan fingerprint density at radius 3 is 1.00 bits per heavy atom. The lowest BCUT2D eigenvalue weighted by Crippen LogP contribution is -2.39. The molecule has 0 bridgehead atoms. The quantitative estimate of drug-likeness (QED) is 0.211. The maximum atomic E-state index is 5.82. The van der Waals surface area contributed by atoms with Crippen molar-refractivity contribution in [3.8, 4) is 0 Å². The highest BCUT2D eigenvalue weighted by atomic mass is 28.4. The van der Waals surface area contributed by atoms with Crippen LogP contribution in [0.1, 0.15) is 71.6 Å². The Kier molecular flexibility index (Phi) is 15.5. The van der Waals surface area contributed by atoms with Gasteiger partial charge in [-0.2, -0.15) is 0 Å². The van der Waals surface area contributed by atoms with E-state index in [1.165, 1.54) is 57.8 Å². The monoisotopic (exact) mass is 392 g/mol. The lowest BCUT2D eigenvalue weighted by atomic mass is 10.2. The van der Waals surface area contributed by atoms with Gasteiger partial charge in [-0.3, -0.25) is 0 Å². The van der Waals surface area contributed by atoms with E-state index in [2.05, 4.69) is 13.8 Å². The zero-order chi connectivity index (χ0) is 19.0. The molecule has 0 aliphatic carbocycles. The molecule has 0 amide bonds. The summed E-state index contributed by atoms with van der Waals surface area (Å²) in [5.74, 6) is 0. The van der Waals surface area contributed by atoms with Gasteiger partial charge in [0.15, 0.2) is 0 Å². The molecule has 0 N–H and O–H groups in total. The third-order valence-corrected chi connectivity index (χ3v) is 12.9.